The maximum absolute atomic E-state index is 12.5. The van der Waals surface area contributed by atoms with E-state index in [1.807, 2.05) is 0 Å². The summed E-state index contributed by atoms with van der Waals surface area (Å²) in [4.78, 5) is 12.5. The van der Waals surface area contributed by atoms with E-state index in [4.69, 9.17) is 0 Å². The van der Waals surface area contributed by atoms with Gasteiger partial charge in [-0.15, -0.1) is 0 Å². The molecule has 0 heterocycles. The van der Waals surface area contributed by atoms with E-state index in [9.17, 15) is 15.0 Å². The molecule has 0 spiro atoms. The molecule has 0 aliphatic heterocycles. The molecular weight excluding hydrogens is 819 g/mol. The van der Waals surface area contributed by atoms with Crippen LogP contribution >= 0.6 is 0 Å². The fourth-order valence-corrected chi connectivity index (χ4v) is 10.2. The lowest BCUT2D eigenvalue weighted by Crippen LogP contribution is -2.45. The second-order valence-electron chi connectivity index (χ2n) is 21.8. The lowest BCUT2D eigenvalue weighted by molar-refractivity contribution is -0.123. The standard InChI is InChI=1S/C63H125NO3/c1-3-5-7-9-11-13-15-17-19-21-23-25-27-28-29-30-31-32-33-34-35-37-39-41-43-45-47-49-51-53-55-57-59-63(67)64-61(60-65)62(66)58-56-54-52-50-48-46-44-42-40-38-36-26-24-22-20-18-16-14-12-10-8-6-4-2/h28-29,61-62,65-66H,3-27,30-60H2,1-2H3,(H,64,67)/b29-28-. The second kappa shape index (κ2) is 59.4. The van der Waals surface area contributed by atoms with E-state index in [1.54, 1.807) is 0 Å². The number of hydrogen-bond acceptors (Lipinski definition) is 3. The fourth-order valence-electron chi connectivity index (χ4n) is 10.2. The highest BCUT2D eigenvalue weighted by Crippen LogP contribution is 2.19. The van der Waals surface area contributed by atoms with Crippen LogP contribution < -0.4 is 5.32 Å². The number of rotatable bonds is 59. The van der Waals surface area contributed by atoms with E-state index in [2.05, 4.69) is 31.3 Å². The third kappa shape index (κ3) is 55.9. The molecule has 0 saturated heterocycles. The van der Waals surface area contributed by atoms with Gasteiger partial charge in [0.25, 0.3) is 0 Å². The van der Waals surface area contributed by atoms with Crippen LogP contribution in [0.25, 0.3) is 0 Å². The van der Waals surface area contributed by atoms with Crippen LogP contribution in [-0.4, -0.2) is 34.9 Å². The first-order valence-electron chi connectivity index (χ1n) is 31.4. The van der Waals surface area contributed by atoms with E-state index in [-0.39, 0.29) is 12.5 Å². The number of carbonyl (C=O) groups is 1. The average molecular weight is 945 g/mol. The van der Waals surface area contributed by atoms with Gasteiger partial charge >= 0.3 is 0 Å². The van der Waals surface area contributed by atoms with Gasteiger partial charge in [0, 0.05) is 6.42 Å². The maximum Gasteiger partial charge on any atom is 0.220 e. The van der Waals surface area contributed by atoms with Gasteiger partial charge in [0.2, 0.25) is 5.91 Å². The summed E-state index contributed by atoms with van der Waals surface area (Å²) in [6.07, 6.45) is 78.1. The molecule has 0 aliphatic rings. The Morgan fingerprint density at radius 2 is 0.567 bits per heavy atom. The number of amides is 1. The highest BCUT2D eigenvalue weighted by Gasteiger charge is 2.20. The molecule has 4 nitrogen and oxygen atoms in total. The monoisotopic (exact) mass is 944 g/mol. The number of allylic oxidation sites excluding steroid dienone is 2. The highest BCUT2D eigenvalue weighted by atomic mass is 16.3. The van der Waals surface area contributed by atoms with Crippen molar-refractivity contribution in [1.29, 1.82) is 0 Å². The average Bonchev–Trinajstić information content (AvgIpc) is 3.33. The lowest BCUT2D eigenvalue weighted by Gasteiger charge is -2.22. The van der Waals surface area contributed by atoms with Crippen molar-refractivity contribution in [1.82, 2.24) is 5.32 Å². The number of unbranched alkanes of at least 4 members (excludes halogenated alkanes) is 50. The Morgan fingerprint density at radius 1 is 0.343 bits per heavy atom. The van der Waals surface area contributed by atoms with Crippen LogP contribution in [0.5, 0.6) is 0 Å². The summed E-state index contributed by atoms with van der Waals surface area (Å²) in [6, 6.07) is -0.534. The molecule has 0 saturated carbocycles. The first-order chi connectivity index (χ1) is 33.2. The zero-order valence-electron chi connectivity index (χ0n) is 46.2. The molecular formula is C63H125NO3. The maximum atomic E-state index is 12.5. The van der Waals surface area contributed by atoms with E-state index in [1.165, 1.54) is 315 Å². The van der Waals surface area contributed by atoms with Crippen molar-refractivity contribution >= 4 is 5.91 Å². The van der Waals surface area contributed by atoms with Crippen LogP contribution in [0.1, 0.15) is 367 Å². The van der Waals surface area contributed by atoms with Crippen molar-refractivity contribution < 1.29 is 15.0 Å². The molecule has 0 rings (SSSR count). The van der Waals surface area contributed by atoms with Crippen LogP contribution in [0.15, 0.2) is 12.2 Å². The van der Waals surface area contributed by atoms with Crippen LogP contribution in [-0.2, 0) is 4.79 Å². The molecule has 0 aromatic heterocycles. The number of aliphatic hydroxyl groups excluding tert-OH is 2. The number of nitrogens with one attached hydrogen (secondary N) is 1. The Hall–Kier alpha value is -0.870. The molecule has 0 aromatic carbocycles. The van der Waals surface area contributed by atoms with E-state index >= 15 is 0 Å². The molecule has 4 heteroatoms. The minimum atomic E-state index is -0.657. The molecule has 0 bridgehead atoms. The first-order valence-corrected chi connectivity index (χ1v) is 31.4. The summed E-state index contributed by atoms with van der Waals surface area (Å²) < 4.78 is 0. The minimum absolute atomic E-state index is 0.0227. The van der Waals surface area contributed by atoms with Crippen LogP contribution in [0.2, 0.25) is 0 Å². The van der Waals surface area contributed by atoms with Gasteiger partial charge in [-0.3, -0.25) is 4.79 Å². The third-order valence-corrected chi connectivity index (χ3v) is 15.0. The Morgan fingerprint density at radius 3 is 0.821 bits per heavy atom. The zero-order valence-corrected chi connectivity index (χ0v) is 46.2. The quantitative estimate of drug-likeness (QED) is 0.0420. The predicted octanol–water partition coefficient (Wildman–Crippen LogP) is 20.9. The number of hydrogen-bond donors (Lipinski definition) is 3. The summed E-state index contributed by atoms with van der Waals surface area (Å²) >= 11 is 0. The SMILES string of the molecule is CCCCCCCCCCCCCC/C=C\CCCCCCCCCCCCCCCCCCC(=O)NC(CO)C(O)CCCCCCCCCCCCCCCCCCCCCCCCC. The Kier molecular flexibility index (Phi) is 58.7. The van der Waals surface area contributed by atoms with E-state index in [0.717, 1.165) is 25.7 Å². The van der Waals surface area contributed by atoms with E-state index < -0.39 is 12.1 Å². The number of carbonyl (C=O) groups excluding carboxylic acids is 1. The van der Waals surface area contributed by atoms with Crippen molar-refractivity contribution in [2.45, 2.75) is 379 Å². The summed E-state index contributed by atoms with van der Waals surface area (Å²) in [5.74, 6) is -0.0227. The number of aliphatic hydroxyl groups is 2. The smallest absolute Gasteiger partial charge is 0.220 e. The van der Waals surface area contributed by atoms with Crippen molar-refractivity contribution in [3.05, 3.63) is 12.2 Å². The molecule has 400 valence electrons. The summed E-state index contributed by atoms with van der Waals surface area (Å²) in [7, 11) is 0. The summed E-state index contributed by atoms with van der Waals surface area (Å²) in [6.45, 7) is 4.41. The van der Waals surface area contributed by atoms with Gasteiger partial charge < -0.3 is 15.5 Å². The summed E-state index contributed by atoms with van der Waals surface area (Å²) in [5, 5.41) is 23.4. The summed E-state index contributed by atoms with van der Waals surface area (Å²) in [5.41, 5.74) is 0. The Labute approximate surface area is 422 Å². The third-order valence-electron chi connectivity index (χ3n) is 15.0. The van der Waals surface area contributed by atoms with E-state index in [0.29, 0.717) is 12.8 Å². The lowest BCUT2D eigenvalue weighted by atomic mass is 10.0. The van der Waals surface area contributed by atoms with Crippen LogP contribution in [0, 0.1) is 0 Å². The van der Waals surface area contributed by atoms with Crippen molar-refractivity contribution in [2.24, 2.45) is 0 Å². The van der Waals surface area contributed by atoms with Gasteiger partial charge in [-0.2, -0.15) is 0 Å². The normalized spacial score (nSPS) is 12.7. The molecule has 0 aliphatic carbocycles. The van der Waals surface area contributed by atoms with Crippen LogP contribution in [0.4, 0.5) is 0 Å². The van der Waals surface area contributed by atoms with Gasteiger partial charge in [0.1, 0.15) is 0 Å². The van der Waals surface area contributed by atoms with Crippen LogP contribution in [0.3, 0.4) is 0 Å². The second-order valence-corrected chi connectivity index (χ2v) is 21.8. The van der Waals surface area contributed by atoms with Gasteiger partial charge in [0.15, 0.2) is 0 Å². The van der Waals surface area contributed by atoms with Gasteiger partial charge in [-0.05, 0) is 38.5 Å². The first kappa shape index (κ1) is 66.1. The van der Waals surface area contributed by atoms with Crippen molar-refractivity contribution in [3.8, 4) is 0 Å². The zero-order chi connectivity index (χ0) is 48.5. The van der Waals surface area contributed by atoms with Gasteiger partial charge in [-0.1, -0.05) is 334 Å². The topological polar surface area (TPSA) is 69.6 Å². The molecule has 2 unspecified atom stereocenters. The van der Waals surface area contributed by atoms with Crippen molar-refractivity contribution in [3.63, 3.8) is 0 Å². The Bertz CT molecular complexity index is 936. The molecule has 67 heavy (non-hydrogen) atoms. The van der Waals surface area contributed by atoms with Gasteiger partial charge in [0.05, 0.1) is 18.8 Å². The molecule has 3 N–H and O–H groups in total. The van der Waals surface area contributed by atoms with Crippen molar-refractivity contribution in [2.75, 3.05) is 6.61 Å². The molecule has 0 radical (unpaired) electrons. The predicted molar refractivity (Wildman–Crippen MR) is 299 cm³/mol. The molecule has 2 atom stereocenters. The minimum Gasteiger partial charge on any atom is -0.394 e. The fraction of sp³-hybridized carbons (Fsp3) is 0.952. The van der Waals surface area contributed by atoms with Gasteiger partial charge in [-0.25, -0.2) is 0 Å². The Balaban J connectivity index is 3.39. The molecule has 1 amide bonds. The largest absolute Gasteiger partial charge is 0.394 e. The molecule has 0 fully saturated rings. The molecule has 0 aromatic rings. The highest BCUT2D eigenvalue weighted by molar-refractivity contribution is 5.76.